The van der Waals surface area contributed by atoms with Gasteiger partial charge in [-0.15, -0.1) is 0 Å². The Bertz CT molecular complexity index is 371. The van der Waals surface area contributed by atoms with E-state index in [0.717, 1.165) is 5.56 Å². The fraction of sp³-hybridized carbons (Fsp3) is 0.400. The molecule has 0 bridgehead atoms. The van der Waals surface area contributed by atoms with Crippen LogP contribution in [-0.2, 0) is 0 Å². The molecule has 1 atom stereocenters. The van der Waals surface area contributed by atoms with Crippen LogP contribution in [0.15, 0.2) is 12.1 Å². The Hall–Kier alpha value is -0.520. The summed E-state index contributed by atoms with van der Waals surface area (Å²) < 4.78 is 5.07. The highest BCUT2D eigenvalue weighted by molar-refractivity contribution is 6.43. The summed E-state index contributed by atoms with van der Waals surface area (Å²) >= 11 is 12.2. The van der Waals surface area contributed by atoms with Crippen LogP contribution in [0.3, 0.4) is 0 Å². The minimum absolute atomic E-state index is 0.198. The summed E-state index contributed by atoms with van der Waals surface area (Å²) in [5.74, 6) is 6.02. The first-order valence-electron chi connectivity index (χ1n) is 4.67. The van der Waals surface area contributed by atoms with Gasteiger partial charge in [0, 0.05) is 5.56 Å². The highest BCUT2D eigenvalue weighted by Gasteiger charge is 2.19. The molecule has 0 aliphatic rings. The zero-order chi connectivity index (χ0) is 12.3. The molecule has 3 N–H and O–H groups in total. The number of ether oxygens (including phenoxy) is 1. The quantitative estimate of drug-likeness (QED) is 0.496. The number of nitrogens with one attached hydrogen (secondary N) is 1. The van der Waals surface area contributed by atoms with Gasteiger partial charge in [-0.1, -0.05) is 29.3 Å². The molecule has 0 saturated carbocycles. The molecule has 16 heavy (non-hydrogen) atoms. The lowest BCUT2D eigenvalue weighted by Gasteiger charge is -2.25. The van der Waals surface area contributed by atoms with E-state index in [-0.39, 0.29) is 6.17 Å². The molecule has 0 aromatic heterocycles. The van der Waals surface area contributed by atoms with Gasteiger partial charge in [-0.2, -0.15) is 0 Å². The standard InChI is InChI=1S/C10H15Cl2N3O/c1-15(2)10(14-13)6-4-5-7(16-3)9(12)8(6)11/h4-5,10,14H,13H2,1-3H3. The van der Waals surface area contributed by atoms with Gasteiger partial charge >= 0.3 is 0 Å². The molecule has 0 fully saturated rings. The summed E-state index contributed by atoms with van der Waals surface area (Å²) in [5.41, 5.74) is 3.47. The van der Waals surface area contributed by atoms with Crippen molar-refractivity contribution in [3.8, 4) is 5.75 Å². The lowest BCUT2D eigenvalue weighted by atomic mass is 10.1. The summed E-state index contributed by atoms with van der Waals surface area (Å²) in [7, 11) is 5.32. The predicted molar refractivity (Wildman–Crippen MR) is 66.8 cm³/mol. The van der Waals surface area contributed by atoms with Crippen molar-refractivity contribution in [2.75, 3.05) is 21.2 Å². The van der Waals surface area contributed by atoms with Crippen molar-refractivity contribution in [2.45, 2.75) is 6.17 Å². The number of hydrazine groups is 1. The van der Waals surface area contributed by atoms with E-state index >= 15 is 0 Å². The maximum absolute atomic E-state index is 6.16. The van der Waals surface area contributed by atoms with Crippen molar-refractivity contribution in [1.29, 1.82) is 0 Å². The number of hydrogen-bond acceptors (Lipinski definition) is 4. The third-order valence-corrected chi connectivity index (χ3v) is 3.14. The molecule has 4 nitrogen and oxygen atoms in total. The first-order chi connectivity index (χ1) is 7.52. The van der Waals surface area contributed by atoms with Gasteiger partial charge in [0.05, 0.1) is 18.3 Å². The molecule has 0 aliphatic carbocycles. The minimum atomic E-state index is -0.198. The van der Waals surface area contributed by atoms with Crippen LogP contribution < -0.4 is 16.0 Å². The Labute approximate surface area is 105 Å². The van der Waals surface area contributed by atoms with Gasteiger partial charge < -0.3 is 4.74 Å². The third-order valence-electron chi connectivity index (χ3n) is 2.27. The van der Waals surface area contributed by atoms with E-state index in [4.69, 9.17) is 33.8 Å². The van der Waals surface area contributed by atoms with E-state index in [1.54, 1.807) is 13.2 Å². The summed E-state index contributed by atoms with van der Waals surface area (Å²) in [4.78, 5) is 1.89. The third kappa shape index (κ3) is 2.59. The van der Waals surface area contributed by atoms with E-state index in [9.17, 15) is 0 Å². The highest BCUT2D eigenvalue weighted by atomic mass is 35.5. The normalized spacial score (nSPS) is 12.9. The number of nitrogens with zero attached hydrogens (tertiary/aromatic N) is 1. The van der Waals surface area contributed by atoms with Gasteiger partial charge in [-0.25, -0.2) is 5.43 Å². The van der Waals surface area contributed by atoms with Gasteiger partial charge in [0.2, 0.25) is 0 Å². The zero-order valence-electron chi connectivity index (χ0n) is 9.42. The van der Waals surface area contributed by atoms with Crippen LogP contribution in [0.2, 0.25) is 10.0 Å². The molecule has 0 heterocycles. The lowest BCUT2D eigenvalue weighted by molar-refractivity contribution is 0.253. The van der Waals surface area contributed by atoms with E-state index in [1.165, 1.54) is 0 Å². The average molecular weight is 264 g/mol. The number of halogens is 2. The molecule has 1 unspecified atom stereocenters. The SMILES string of the molecule is COc1ccc(C(NN)N(C)C)c(Cl)c1Cl. The van der Waals surface area contributed by atoms with E-state index < -0.39 is 0 Å². The van der Waals surface area contributed by atoms with Crippen LogP contribution in [-0.4, -0.2) is 26.1 Å². The largest absolute Gasteiger partial charge is 0.495 e. The molecule has 0 saturated heterocycles. The van der Waals surface area contributed by atoms with Gasteiger partial charge in [-0.3, -0.25) is 10.7 Å². The second-order valence-corrected chi connectivity index (χ2v) is 4.27. The van der Waals surface area contributed by atoms with E-state index in [2.05, 4.69) is 5.43 Å². The first-order valence-corrected chi connectivity index (χ1v) is 5.43. The van der Waals surface area contributed by atoms with Crippen LogP contribution in [0.4, 0.5) is 0 Å². The van der Waals surface area contributed by atoms with Crippen LogP contribution in [0.1, 0.15) is 11.7 Å². The zero-order valence-corrected chi connectivity index (χ0v) is 10.9. The summed E-state index contributed by atoms with van der Waals surface area (Å²) in [5, 5.41) is 0.835. The van der Waals surface area contributed by atoms with Gasteiger partial charge in [0.1, 0.15) is 10.8 Å². The Balaban J connectivity index is 3.20. The average Bonchev–Trinajstić information content (AvgIpc) is 2.25. The number of methoxy groups -OCH3 is 1. The number of benzene rings is 1. The summed E-state index contributed by atoms with van der Waals surface area (Å²) in [6.07, 6.45) is -0.198. The molecule has 1 aromatic carbocycles. The Morgan fingerprint density at radius 2 is 1.94 bits per heavy atom. The molecular formula is C10H15Cl2N3O. The molecule has 0 radical (unpaired) electrons. The molecule has 0 spiro atoms. The molecule has 6 heteroatoms. The van der Waals surface area contributed by atoms with Crippen molar-refractivity contribution in [3.05, 3.63) is 27.7 Å². The second-order valence-electron chi connectivity index (χ2n) is 3.52. The van der Waals surface area contributed by atoms with Crippen LogP contribution in [0.25, 0.3) is 0 Å². The van der Waals surface area contributed by atoms with Gasteiger partial charge in [0.25, 0.3) is 0 Å². The monoisotopic (exact) mass is 263 g/mol. The molecule has 90 valence electrons. The molecule has 1 aromatic rings. The minimum Gasteiger partial charge on any atom is -0.495 e. The smallest absolute Gasteiger partial charge is 0.139 e. The fourth-order valence-electron chi connectivity index (χ4n) is 1.43. The van der Waals surface area contributed by atoms with E-state index in [0.29, 0.717) is 15.8 Å². The number of rotatable bonds is 4. The molecular weight excluding hydrogens is 249 g/mol. The Morgan fingerprint density at radius 3 is 2.38 bits per heavy atom. The van der Waals surface area contributed by atoms with Crippen molar-refractivity contribution in [1.82, 2.24) is 10.3 Å². The van der Waals surface area contributed by atoms with Crippen molar-refractivity contribution < 1.29 is 4.74 Å². The van der Waals surface area contributed by atoms with Crippen LogP contribution in [0, 0.1) is 0 Å². The van der Waals surface area contributed by atoms with Crippen molar-refractivity contribution in [3.63, 3.8) is 0 Å². The number of hydrogen-bond donors (Lipinski definition) is 2. The topological polar surface area (TPSA) is 50.5 Å². The van der Waals surface area contributed by atoms with Gasteiger partial charge in [-0.05, 0) is 20.2 Å². The predicted octanol–water partition coefficient (Wildman–Crippen LogP) is 2.03. The summed E-state index contributed by atoms with van der Waals surface area (Å²) in [6, 6.07) is 3.59. The van der Waals surface area contributed by atoms with Crippen LogP contribution >= 0.6 is 23.2 Å². The maximum Gasteiger partial charge on any atom is 0.139 e. The molecule has 1 rings (SSSR count). The maximum atomic E-state index is 6.16. The van der Waals surface area contributed by atoms with Crippen LogP contribution in [0.5, 0.6) is 5.75 Å². The van der Waals surface area contributed by atoms with Gasteiger partial charge in [0.15, 0.2) is 0 Å². The Morgan fingerprint density at radius 1 is 1.31 bits per heavy atom. The molecule has 0 amide bonds. The van der Waals surface area contributed by atoms with E-state index in [1.807, 2.05) is 25.1 Å². The Kier molecular flexibility index (Phi) is 4.83. The highest BCUT2D eigenvalue weighted by Crippen LogP contribution is 2.37. The second kappa shape index (κ2) is 5.70. The summed E-state index contributed by atoms with van der Waals surface area (Å²) in [6.45, 7) is 0. The van der Waals surface area contributed by atoms with Crippen molar-refractivity contribution in [2.24, 2.45) is 5.84 Å². The number of nitrogens with two attached hydrogens (primary N) is 1. The van der Waals surface area contributed by atoms with Crippen molar-refractivity contribution >= 4 is 23.2 Å². The first kappa shape index (κ1) is 13.5. The fourth-order valence-corrected chi connectivity index (χ4v) is 1.94. The molecule has 0 aliphatic heterocycles. The lowest BCUT2D eigenvalue weighted by Crippen LogP contribution is -2.37.